The van der Waals surface area contributed by atoms with Gasteiger partial charge in [0.2, 0.25) is 0 Å². The highest BCUT2D eigenvalue weighted by molar-refractivity contribution is 7.90. The molecular formula is C17H28OS. The molecule has 0 aliphatic heterocycles. The Balaban J connectivity index is 5.47. The molecule has 1 nitrogen and oxygen atoms in total. The fourth-order valence-electron chi connectivity index (χ4n) is 1.51. The van der Waals surface area contributed by atoms with Crippen molar-refractivity contribution < 1.29 is 4.21 Å². The zero-order valence-corrected chi connectivity index (χ0v) is 14.1. The maximum atomic E-state index is 12.3. The van der Waals surface area contributed by atoms with Crippen LogP contribution in [0.4, 0.5) is 0 Å². The molecule has 0 radical (unpaired) electrons. The summed E-state index contributed by atoms with van der Waals surface area (Å²) in [6.07, 6.45) is 8.50. The summed E-state index contributed by atoms with van der Waals surface area (Å²) in [5.74, 6) is 0. The van der Waals surface area contributed by atoms with Gasteiger partial charge in [-0.2, -0.15) is 0 Å². The Hall–Kier alpha value is -0.890. The van der Waals surface area contributed by atoms with Gasteiger partial charge in [-0.1, -0.05) is 52.2 Å². The van der Waals surface area contributed by atoms with Crippen molar-refractivity contribution in [2.75, 3.05) is 0 Å². The second-order valence-electron chi connectivity index (χ2n) is 6.22. The summed E-state index contributed by atoms with van der Waals surface area (Å²) in [5.41, 5.74) is 1.23. The molecule has 0 saturated carbocycles. The standard InChI is InChI=1S/C17H28OS/c1-9-14(17(7,8)11-3)12-13-15(10-2)19(18)16(4,5)6/h9-10,12-13H,1-2,11H2,3-8H3/b14-12+,15-13+. The Morgan fingerprint density at radius 2 is 1.58 bits per heavy atom. The fourth-order valence-corrected chi connectivity index (χ4v) is 2.56. The van der Waals surface area contributed by atoms with Gasteiger partial charge in [0.15, 0.2) is 0 Å². The fraction of sp³-hybridized carbons (Fsp3) is 0.529. The van der Waals surface area contributed by atoms with Gasteiger partial charge < -0.3 is 0 Å². The highest BCUT2D eigenvalue weighted by atomic mass is 32.2. The van der Waals surface area contributed by atoms with E-state index in [2.05, 4.69) is 33.9 Å². The van der Waals surface area contributed by atoms with Crippen LogP contribution in [0.1, 0.15) is 48.0 Å². The number of hydrogen-bond donors (Lipinski definition) is 0. The molecular weight excluding hydrogens is 252 g/mol. The first-order valence-corrected chi connectivity index (χ1v) is 7.84. The summed E-state index contributed by atoms with van der Waals surface area (Å²) >= 11 is 0. The van der Waals surface area contributed by atoms with Crippen LogP contribution in [-0.4, -0.2) is 8.96 Å². The van der Waals surface area contributed by atoms with Crippen molar-refractivity contribution in [3.8, 4) is 0 Å². The molecule has 0 heterocycles. The van der Waals surface area contributed by atoms with Gasteiger partial charge in [-0.3, -0.25) is 4.21 Å². The van der Waals surface area contributed by atoms with E-state index < -0.39 is 10.8 Å². The monoisotopic (exact) mass is 280 g/mol. The zero-order valence-electron chi connectivity index (χ0n) is 13.2. The van der Waals surface area contributed by atoms with Gasteiger partial charge in [-0.25, -0.2) is 0 Å². The van der Waals surface area contributed by atoms with Crippen molar-refractivity contribution >= 4 is 10.8 Å². The largest absolute Gasteiger partial charge is 0.254 e. The molecule has 0 fully saturated rings. The van der Waals surface area contributed by atoms with Crippen LogP contribution in [0.25, 0.3) is 0 Å². The van der Waals surface area contributed by atoms with E-state index in [0.717, 1.165) is 16.9 Å². The Morgan fingerprint density at radius 1 is 1.05 bits per heavy atom. The first kappa shape index (κ1) is 18.1. The summed E-state index contributed by atoms with van der Waals surface area (Å²) in [4.78, 5) is 0.763. The van der Waals surface area contributed by atoms with Crippen LogP contribution in [0.5, 0.6) is 0 Å². The minimum absolute atomic E-state index is 0.0771. The summed E-state index contributed by atoms with van der Waals surface area (Å²) in [7, 11) is -1.06. The molecule has 0 spiro atoms. The summed E-state index contributed by atoms with van der Waals surface area (Å²) in [6.45, 7) is 20.1. The molecule has 2 heteroatoms. The predicted molar refractivity (Wildman–Crippen MR) is 88.5 cm³/mol. The van der Waals surface area contributed by atoms with E-state index in [-0.39, 0.29) is 10.2 Å². The van der Waals surface area contributed by atoms with Gasteiger partial charge in [-0.15, -0.1) is 0 Å². The van der Waals surface area contributed by atoms with Crippen molar-refractivity contribution in [2.24, 2.45) is 5.41 Å². The molecule has 0 aliphatic carbocycles. The van der Waals surface area contributed by atoms with Gasteiger partial charge >= 0.3 is 0 Å². The number of rotatable bonds is 6. The van der Waals surface area contributed by atoms with Crippen LogP contribution in [0, 0.1) is 5.41 Å². The molecule has 0 N–H and O–H groups in total. The van der Waals surface area contributed by atoms with E-state index in [1.165, 1.54) is 0 Å². The van der Waals surface area contributed by atoms with Gasteiger partial charge in [0, 0.05) is 9.65 Å². The van der Waals surface area contributed by atoms with Crippen LogP contribution in [0.2, 0.25) is 0 Å². The summed E-state index contributed by atoms with van der Waals surface area (Å²) in [6, 6.07) is 0. The quantitative estimate of drug-likeness (QED) is 0.615. The Morgan fingerprint density at radius 3 is 1.89 bits per heavy atom. The lowest BCUT2D eigenvalue weighted by atomic mass is 9.81. The normalized spacial score (nSPS) is 16.1. The Labute approximate surface area is 121 Å². The van der Waals surface area contributed by atoms with Gasteiger partial charge in [0.25, 0.3) is 0 Å². The molecule has 19 heavy (non-hydrogen) atoms. The number of hydrogen-bond acceptors (Lipinski definition) is 1. The van der Waals surface area contributed by atoms with E-state index in [9.17, 15) is 4.21 Å². The topological polar surface area (TPSA) is 17.1 Å². The van der Waals surface area contributed by atoms with Crippen LogP contribution in [0.15, 0.2) is 47.9 Å². The van der Waals surface area contributed by atoms with E-state index in [0.29, 0.717) is 0 Å². The van der Waals surface area contributed by atoms with E-state index in [1.807, 2.05) is 39.0 Å². The van der Waals surface area contributed by atoms with E-state index in [1.54, 1.807) is 6.08 Å². The molecule has 0 aromatic rings. The molecule has 0 amide bonds. The molecule has 0 bridgehead atoms. The van der Waals surface area contributed by atoms with Gasteiger partial charge in [-0.05, 0) is 44.3 Å². The van der Waals surface area contributed by atoms with Crippen LogP contribution in [0.3, 0.4) is 0 Å². The maximum Gasteiger partial charge on any atom is 0.0583 e. The van der Waals surface area contributed by atoms with E-state index >= 15 is 0 Å². The average molecular weight is 280 g/mol. The summed E-state index contributed by atoms with van der Waals surface area (Å²) < 4.78 is 12.1. The van der Waals surface area contributed by atoms with Crippen molar-refractivity contribution in [3.63, 3.8) is 0 Å². The minimum atomic E-state index is -1.06. The highest BCUT2D eigenvalue weighted by Gasteiger charge is 2.22. The first-order valence-electron chi connectivity index (χ1n) is 6.69. The predicted octanol–water partition coefficient (Wildman–Crippen LogP) is 5.15. The third-order valence-electron chi connectivity index (χ3n) is 3.28. The van der Waals surface area contributed by atoms with E-state index in [4.69, 9.17) is 0 Å². The summed E-state index contributed by atoms with van der Waals surface area (Å²) in [5, 5.41) is 0. The van der Waals surface area contributed by atoms with Crippen molar-refractivity contribution in [2.45, 2.75) is 52.7 Å². The molecule has 0 saturated heterocycles. The average Bonchev–Trinajstić information content (AvgIpc) is 2.32. The SMILES string of the molecule is C=C/C(=C\C=C(/C=C)C(C)(C)CC)S(=O)C(C)(C)C. The van der Waals surface area contributed by atoms with Crippen molar-refractivity contribution in [3.05, 3.63) is 47.9 Å². The molecule has 1 atom stereocenters. The van der Waals surface area contributed by atoms with Crippen molar-refractivity contribution in [1.82, 2.24) is 0 Å². The van der Waals surface area contributed by atoms with Crippen LogP contribution in [-0.2, 0) is 10.8 Å². The van der Waals surface area contributed by atoms with Crippen molar-refractivity contribution in [1.29, 1.82) is 0 Å². The smallest absolute Gasteiger partial charge is 0.0583 e. The first-order chi connectivity index (χ1) is 8.60. The Kier molecular flexibility index (Phi) is 6.71. The number of allylic oxidation sites excluding steroid dienone is 5. The lowest BCUT2D eigenvalue weighted by molar-refractivity contribution is 0.440. The molecule has 0 aromatic carbocycles. The highest BCUT2D eigenvalue weighted by Crippen LogP contribution is 2.31. The molecule has 1 unspecified atom stereocenters. The molecule has 108 valence electrons. The van der Waals surface area contributed by atoms with Crippen LogP contribution >= 0.6 is 0 Å². The van der Waals surface area contributed by atoms with Gasteiger partial charge in [0.05, 0.1) is 10.8 Å². The molecule has 0 aliphatic rings. The lowest BCUT2D eigenvalue weighted by Gasteiger charge is -2.24. The second-order valence-corrected chi connectivity index (χ2v) is 8.45. The zero-order chi connectivity index (χ0) is 15.3. The molecule has 0 rings (SSSR count). The lowest BCUT2D eigenvalue weighted by Crippen LogP contribution is -2.22. The molecule has 0 aromatic heterocycles. The third-order valence-corrected chi connectivity index (χ3v) is 5.13. The van der Waals surface area contributed by atoms with Crippen LogP contribution < -0.4 is 0 Å². The minimum Gasteiger partial charge on any atom is -0.254 e. The maximum absolute atomic E-state index is 12.3. The Bertz CT molecular complexity index is 417. The third kappa shape index (κ3) is 5.32. The van der Waals surface area contributed by atoms with Gasteiger partial charge in [0.1, 0.15) is 0 Å². The second kappa shape index (κ2) is 7.04.